The third-order valence-electron chi connectivity index (χ3n) is 4.72. The van der Waals surface area contributed by atoms with Crippen molar-refractivity contribution >= 4 is 23.0 Å². The fourth-order valence-corrected chi connectivity index (χ4v) is 2.93. The molecular formula is C20H34N2S. The highest BCUT2D eigenvalue weighted by atomic mass is 32.1. The van der Waals surface area contributed by atoms with E-state index in [1.165, 1.54) is 36.1 Å². The van der Waals surface area contributed by atoms with Crippen LogP contribution in [0.5, 0.6) is 0 Å². The molecule has 1 aromatic carbocycles. The van der Waals surface area contributed by atoms with Gasteiger partial charge in [0, 0.05) is 12.2 Å². The van der Waals surface area contributed by atoms with Gasteiger partial charge >= 0.3 is 0 Å². The summed E-state index contributed by atoms with van der Waals surface area (Å²) in [4.78, 5) is 0. The standard InChI is InChI=1S/C20H34N2S/c1-6-9-10-14-21-20(23)22-19-17(15(4)7-2)12-11-13-18(19)16(5)8-3/h11-13,15-16H,6-10,14H2,1-5H3,(H2,21,22,23). The van der Waals surface area contributed by atoms with Gasteiger partial charge in [-0.25, -0.2) is 0 Å². The van der Waals surface area contributed by atoms with Crippen LogP contribution in [0.15, 0.2) is 18.2 Å². The number of thiocarbonyl (C=S) groups is 1. The number of nitrogens with one attached hydrogen (secondary N) is 2. The Bertz CT molecular complexity index is 456. The molecule has 0 aliphatic rings. The highest BCUT2D eigenvalue weighted by molar-refractivity contribution is 7.80. The van der Waals surface area contributed by atoms with Gasteiger partial charge < -0.3 is 10.6 Å². The molecule has 0 aliphatic carbocycles. The molecule has 23 heavy (non-hydrogen) atoms. The van der Waals surface area contributed by atoms with Gasteiger partial charge in [-0.15, -0.1) is 0 Å². The Morgan fingerprint density at radius 1 is 1.00 bits per heavy atom. The lowest BCUT2D eigenvalue weighted by atomic mass is 9.89. The number of unbranched alkanes of at least 4 members (excludes halogenated alkanes) is 2. The van der Waals surface area contributed by atoms with Gasteiger partial charge in [0.05, 0.1) is 0 Å². The predicted octanol–water partition coefficient (Wildman–Crippen LogP) is 6.19. The van der Waals surface area contributed by atoms with Gasteiger partial charge in [-0.05, 0) is 54.4 Å². The molecule has 1 rings (SSSR count). The molecule has 3 heteroatoms. The highest BCUT2D eigenvalue weighted by Gasteiger charge is 2.17. The normalized spacial score (nSPS) is 13.4. The lowest BCUT2D eigenvalue weighted by Gasteiger charge is -2.23. The van der Waals surface area contributed by atoms with Crippen molar-refractivity contribution in [2.24, 2.45) is 0 Å². The number of benzene rings is 1. The van der Waals surface area contributed by atoms with Crippen LogP contribution in [0.3, 0.4) is 0 Å². The van der Waals surface area contributed by atoms with E-state index in [4.69, 9.17) is 12.2 Å². The van der Waals surface area contributed by atoms with Crippen LogP contribution in [-0.4, -0.2) is 11.7 Å². The van der Waals surface area contributed by atoms with Gasteiger partial charge in [-0.1, -0.05) is 65.7 Å². The third-order valence-corrected chi connectivity index (χ3v) is 4.97. The van der Waals surface area contributed by atoms with Crippen molar-refractivity contribution in [1.29, 1.82) is 0 Å². The summed E-state index contributed by atoms with van der Waals surface area (Å²) in [5.41, 5.74) is 3.98. The molecule has 0 aliphatic heterocycles. The fourth-order valence-electron chi connectivity index (χ4n) is 2.73. The maximum atomic E-state index is 5.53. The van der Waals surface area contributed by atoms with Gasteiger partial charge in [0.25, 0.3) is 0 Å². The highest BCUT2D eigenvalue weighted by Crippen LogP contribution is 2.34. The second kappa shape index (κ2) is 10.6. The van der Waals surface area contributed by atoms with Crippen molar-refractivity contribution in [3.63, 3.8) is 0 Å². The smallest absolute Gasteiger partial charge is 0.170 e. The number of rotatable bonds is 9. The maximum Gasteiger partial charge on any atom is 0.170 e. The summed E-state index contributed by atoms with van der Waals surface area (Å²) in [6.45, 7) is 12.2. The lowest BCUT2D eigenvalue weighted by molar-refractivity contribution is 0.696. The first-order valence-corrected chi connectivity index (χ1v) is 9.63. The molecule has 0 heterocycles. The molecule has 0 bridgehead atoms. The molecule has 2 unspecified atom stereocenters. The van der Waals surface area contributed by atoms with E-state index in [-0.39, 0.29) is 0 Å². The minimum Gasteiger partial charge on any atom is -0.362 e. The summed E-state index contributed by atoms with van der Waals surface area (Å²) in [5.74, 6) is 1.06. The zero-order valence-electron chi connectivity index (χ0n) is 15.5. The Morgan fingerprint density at radius 2 is 1.57 bits per heavy atom. The monoisotopic (exact) mass is 334 g/mol. The van der Waals surface area contributed by atoms with E-state index in [1.54, 1.807) is 0 Å². The van der Waals surface area contributed by atoms with E-state index < -0.39 is 0 Å². The second-order valence-corrected chi connectivity index (χ2v) is 6.93. The van der Waals surface area contributed by atoms with E-state index in [1.807, 2.05) is 0 Å². The van der Waals surface area contributed by atoms with Crippen LogP contribution in [0.25, 0.3) is 0 Å². The first kappa shape index (κ1) is 20.0. The number of hydrogen-bond donors (Lipinski definition) is 2. The molecule has 0 saturated carbocycles. The van der Waals surface area contributed by atoms with Gasteiger partial charge in [-0.3, -0.25) is 0 Å². The largest absolute Gasteiger partial charge is 0.362 e. The summed E-state index contributed by atoms with van der Waals surface area (Å²) in [5, 5.41) is 7.61. The van der Waals surface area contributed by atoms with Crippen LogP contribution in [0.4, 0.5) is 5.69 Å². The molecule has 0 amide bonds. The zero-order valence-corrected chi connectivity index (χ0v) is 16.4. The second-order valence-electron chi connectivity index (χ2n) is 6.52. The van der Waals surface area contributed by atoms with Crippen molar-refractivity contribution in [3.05, 3.63) is 29.3 Å². The van der Waals surface area contributed by atoms with E-state index in [0.717, 1.165) is 24.5 Å². The van der Waals surface area contributed by atoms with Crippen LogP contribution in [0, 0.1) is 0 Å². The molecule has 2 N–H and O–H groups in total. The maximum absolute atomic E-state index is 5.53. The Kier molecular flexibility index (Phi) is 9.23. The van der Waals surface area contributed by atoms with Crippen LogP contribution in [0.2, 0.25) is 0 Å². The van der Waals surface area contributed by atoms with E-state index in [2.05, 4.69) is 63.5 Å². The fraction of sp³-hybridized carbons (Fsp3) is 0.650. The van der Waals surface area contributed by atoms with Crippen LogP contribution in [-0.2, 0) is 0 Å². The average Bonchev–Trinajstić information content (AvgIpc) is 2.57. The summed E-state index contributed by atoms with van der Waals surface area (Å²) >= 11 is 5.53. The molecule has 0 saturated heterocycles. The third kappa shape index (κ3) is 6.14. The lowest BCUT2D eigenvalue weighted by Crippen LogP contribution is -2.30. The number of para-hydroxylation sites is 1. The minimum atomic E-state index is 0.532. The van der Waals surface area contributed by atoms with Gasteiger partial charge in [0.15, 0.2) is 5.11 Å². The Morgan fingerprint density at radius 3 is 2.04 bits per heavy atom. The molecule has 0 spiro atoms. The van der Waals surface area contributed by atoms with Gasteiger partial charge in [0.1, 0.15) is 0 Å². The predicted molar refractivity (Wildman–Crippen MR) is 108 cm³/mol. The molecule has 2 nitrogen and oxygen atoms in total. The van der Waals surface area contributed by atoms with Crippen molar-refractivity contribution in [2.75, 3.05) is 11.9 Å². The minimum absolute atomic E-state index is 0.532. The summed E-state index contributed by atoms with van der Waals surface area (Å²) in [6.07, 6.45) is 5.92. The molecule has 0 fully saturated rings. The Labute approximate surface area is 148 Å². The SMILES string of the molecule is CCCCCNC(=S)Nc1c(C(C)CC)cccc1C(C)CC. The van der Waals surface area contributed by atoms with Gasteiger partial charge in [-0.2, -0.15) is 0 Å². The van der Waals surface area contributed by atoms with Crippen LogP contribution >= 0.6 is 12.2 Å². The van der Waals surface area contributed by atoms with Gasteiger partial charge in [0.2, 0.25) is 0 Å². The Hall–Kier alpha value is -1.09. The molecule has 1 aromatic rings. The quantitative estimate of drug-likeness (QED) is 0.416. The first-order chi connectivity index (χ1) is 11.0. The number of hydrogen-bond acceptors (Lipinski definition) is 1. The molecule has 2 atom stereocenters. The molecule has 0 radical (unpaired) electrons. The van der Waals surface area contributed by atoms with Crippen LogP contribution in [0.1, 0.15) is 89.7 Å². The van der Waals surface area contributed by atoms with Crippen molar-refractivity contribution in [3.8, 4) is 0 Å². The average molecular weight is 335 g/mol. The molecule has 130 valence electrons. The summed E-state index contributed by atoms with van der Waals surface area (Å²) in [6, 6.07) is 6.66. The van der Waals surface area contributed by atoms with Crippen molar-refractivity contribution < 1.29 is 0 Å². The van der Waals surface area contributed by atoms with E-state index >= 15 is 0 Å². The van der Waals surface area contributed by atoms with E-state index in [0.29, 0.717) is 11.8 Å². The molecular weight excluding hydrogens is 300 g/mol. The summed E-state index contributed by atoms with van der Waals surface area (Å²) < 4.78 is 0. The van der Waals surface area contributed by atoms with Crippen LogP contribution < -0.4 is 10.6 Å². The summed E-state index contributed by atoms with van der Waals surface area (Å²) in [7, 11) is 0. The van der Waals surface area contributed by atoms with E-state index in [9.17, 15) is 0 Å². The van der Waals surface area contributed by atoms with Crippen molar-refractivity contribution in [2.45, 2.75) is 78.6 Å². The molecule has 0 aromatic heterocycles. The zero-order chi connectivity index (χ0) is 17.2. The first-order valence-electron chi connectivity index (χ1n) is 9.22. The number of anilines is 1. The topological polar surface area (TPSA) is 24.1 Å². The van der Waals surface area contributed by atoms with Crippen molar-refractivity contribution in [1.82, 2.24) is 5.32 Å². The Balaban J connectivity index is 2.94.